The molecule has 0 aromatic carbocycles. The summed E-state index contributed by atoms with van der Waals surface area (Å²) < 4.78 is 17.1. The molecule has 1 saturated heterocycles. The zero-order valence-electron chi connectivity index (χ0n) is 16.8. The molecule has 0 bridgehead atoms. The van der Waals surface area contributed by atoms with E-state index in [0.29, 0.717) is 23.0 Å². The maximum Gasteiger partial charge on any atom is 0.209 e. The van der Waals surface area contributed by atoms with Crippen LogP contribution in [-0.4, -0.2) is 48.0 Å². The van der Waals surface area contributed by atoms with Crippen molar-refractivity contribution in [2.75, 3.05) is 18.5 Å². The lowest BCUT2D eigenvalue weighted by Crippen LogP contribution is -2.52. The molecule has 0 spiro atoms. The molecule has 3 rings (SSSR count). The van der Waals surface area contributed by atoms with Gasteiger partial charge in [-0.15, -0.1) is 0 Å². The van der Waals surface area contributed by atoms with Crippen LogP contribution in [-0.2, 0) is 9.16 Å². The van der Waals surface area contributed by atoms with Gasteiger partial charge in [0.2, 0.25) is 4.73 Å². The molecule has 28 heavy (non-hydrogen) atoms. The third-order valence-corrected chi connectivity index (χ3v) is 11.5. The van der Waals surface area contributed by atoms with Crippen molar-refractivity contribution in [1.29, 1.82) is 0 Å². The number of halogens is 2. The molecule has 0 unspecified atom stereocenters. The third-order valence-electron chi connectivity index (χ3n) is 5.38. The van der Waals surface area contributed by atoms with Gasteiger partial charge in [-0.25, -0.2) is 9.97 Å². The van der Waals surface area contributed by atoms with Gasteiger partial charge in [0.1, 0.15) is 10.8 Å². The standard InChI is InChI=1S/C18H26BrClN4O2SSi/c1-18(2,3)28(4,5)26-14-10-25-7-6-13(14)22-15-8-11(12(20)9-21-15)16-23-17(19)24-27-16/h8-9,13-14H,6-7,10H2,1-5H3,(H,21,22)/t13-,14-/m1/s1. The van der Waals surface area contributed by atoms with Crippen LogP contribution in [0.2, 0.25) is 23.2 Å². The summed E-state index contributed by atoms with van der Waals surface area (Å²) >= 11 is 10.9. The van der Waals surface area contributed by atoms with Gasteiger partial charge in [0, 0.05) is 18.4 Å². The minimum Gasteiger partial charge on any atom is -0.409 e. The maximum absolute atomic E-state index is 6.64. The minimum absolute atomic E-state index is 0.00811. The van der Waals surface area contributed by atoms with E-state index in [2.05, 4.69) is 69.5 Å². The summed E-state index contributed by atoms with van der Waals surface area (Å²) in [5, 5.41) is 4.99. The van der Waals surface area contributed by atoms with Gasteiger partial charge in [0.05, 0.1) is 23.8 Å². The van der Waals surface area contributed by atoms with Gasteiger partial charge in [-0.1, -0.05) is 32.4 Å². The van der Waals surface area contributed by atoms with Crippen molar-refractivity contribution in [2.45, 2.75) is 57.5 Å². The van der Waals surface area contributed by atoms with Gasteiger partial charge in [-0.05, 0) is 58.1 Å². The summed E-state index contributed by atoms with van der Waals surface area (Å²) in [5.74, 6) is 0.751. The number of hydrogen-bond acceptors (Lipinski definition) is 7. The SMILES string of the molecule is CC(C)(C)[Si](C)(C)O[C@@H]1COCC[C@H]1Nc1cc(-c2nc(Br)ns2)c(Cl)cn1. The summed E-state index contributed by atoms with van der Waals surface area (Å²) in [4.78, 5) is 8.83. The first kappa shape index (κ1) is 22.1. The molecule has 10 heteroatoms. The summed E-state index contributed by atoms with van der Waals surface area (Å²) in [6.07, 6.45) is 2.51. The Bertz CT molecular complexity index is 830. The molecule has 1 aliphatic heterocycles. The number of ether oxygens (including phenoxy) is 1. The molecule has 2 aromatic rings. The first-order valence-electron chi connectivity index (χ1n) is 9.24. The number of nitrogens with one attached hydrogen (secondary N) is 1. The second-order valence-corrected chi connectivity index (χ2v) is 15.1. The Labute approximate surface area is 184 Å². The zero-order chi connectivity index (χ0) is 20.5. The van der Waals surface area contributed by atoms with E-state index in [1.54, 1.807) is 6.20 Å². The molecule has 0 amide bonds. The highest BCUT2D eigenvalue weighted by Crippen LogP contribution is 2.38. The van der Waals surface area contributed by atoms with Crippen LogP contribution in [0, 0.1) is 0 Å². The van der Waals surface area contributed by atoms with Crippen LogP contribution in [0.1, 0.15) is 27.2 Å². The van der Waals surface area contributed by atoms with Crippen LogP contribution in [0.3, 0.4) is 0 Å². The number of nitrogens with zero attached hydrogens (tertiary/aromatic N) is 3. The molecule has 3 heterocycles. The van der Waals surface area contributed by atoms with Crippen LogP contribution >= 0.6 is 39.1 Å². The van der Waals surface area contributed by atoms with Gasteiger partial charge < -0.3 is 14.5 Å². The Morgan fingerprint density at radius 3 is 2.79 bits per heavy atom. The van der Waals surface area contributed by atoms with Gasteiger partial charge in [0.15, 0.2) is 8.32 Å². The Kier molecular flexibility index (Phi) is 6.83. The van der Waals surface area contributed by atoms with Gasteiger partial charge in [-0.2, -0.15) is 4.37 Å². The van der Waals surface area contributed by atoms with Gasteiger partial charge >= 0.3 is 0 Å². The van der Waals surface area contributed by atoms with E-state index in [9.17, 15) is 0 Å². The van der Waals surface area contributed by atoms with Crippen LogP contribution in [0.4, 0.5) is 5.82 Å². The molecule has 1 fully saturated rings. The minimum atomic E-state index is -1.90. The highest BCUT2D eigenvalue weighted by atomic mass is 79.9. The number of anilines is 1. The normalized spacial score (nSPS) is 21.0. The van der Waals surface area contributed by atoms with E-state index in [0.717, 1.165) is 22.8 Å². The number of pyridine rings is 1. The Morgan fingerprint density at radius 2 is 2.14 bits per heavy atom. The lowest BCUT2D eigenvalue weighted by molar-refractivity contribution is -0.00702. The largest absolute Gasteiger partial charge is 0.409 e. The van der Waals surface area contributed by atoms with E-state index in [-0.39, 0.29) is 17.2 Å². The number of hydrogen-bond donors (Lipinski definition) is 1. The first-order valence-corrected chi connectivity index (χ1v) is 14.1. The summed E-state index contributed by atoms with van der Waals surface area (Å²) in [6.45, 7) is 12.6. The Hall–Kier alpha value is -0.583. The first-order chi connectivity index (χ1) is 13.1. The highest BCUT2D eigenvalue weighted by molar-refractivity contribution is 9.10. The highest BCUT2D eigenvalue weighted by Gasteiger charge is 2.41. The Balaban J connectivity index is 1.79. The molecular weight excluding hydrogens is 480 g/mol. The zero-order valence-corrected chi connectivity index (χ0v) is 20.9. The Morgan fingerprint density at radius 1 is 1.39 bits per heavy atom. The molecule has 0 aliphatic carbocycles. The molecule has 2 aromatic heterocycles. The van der Waals surface area contributed by atoms with Gasteiger partial charge in [0.25, 0.3) is 0 Å². The van der Waals surface area contributed by atoms with E-state index >= 15 is 0 Å². The van der Waals surface area contributed by atoms with Crippen molar-refractivity contribution < 1.29 is 9.16 Å². The predicted octanol–water partition coefficient (Wildman–Crippen LogP) is 5.61. The van der Waals surface area contributed by atoms with Crippen molar-refractivity contribution in [3.8, 4) is 10.6 Å². The van der Waals surface area contributed by atoms with Crippen LogP contribution in [0.25, 0.3) is 10.6 Å². The van der Waals surface area contributed by atoms with Gasteiger partial charge in [-0.3, -0.25) is 0 Å². The van der Waals surface area contributed by atoms with Crippen molar-refractivity contribution in [1.82, 2.24) is 14.3 Å². The van der Waals surface area contributed by atoms with Crippen molar-refractivity contribution >= 4 is 53.2 Å². The smallest absolute Gasteiger partial charge is 0.209 e. The number of aromatic nitrogens is 3. The molecule has 154 valence electrons. The van der Waals surface area contributed by atoms with Crippen molar-refractivity contribution in [3.63, 3.8) is 0 Å². The monoisotopic (exact) mass is 504 g/mol. The average molecular weight is 506 g/mol. The van der Waals surface area contributed by atoms with Crippen LogP contribution in [0.15, 0.2) is 17.0 Å². The topological polar surface area (TPSA) is 69.2 Å². The predicted molar refractivity (Wildman–Crippen MR) is 121 cm³/mol. The van der Waals surface area contributed by atoms with Crippen molar-refractivity contribution in [2.24, 2.45) is 0 Å². The van der Waals surface area contributed by atoms with E-state index in [4.69, 9.17) is 20.8 Å². The molecule has 6 nitrogen and oxygen atoms in total. The third kappa shape index (κ3) is 5.12. The lowest BCUT2D eigenvalue weighted by atomic mass is 10.1. The molecule has 1 N–H and O–H groups in total. The molecular formula is C18H26BrClN4O2SSi. The van der Waals surface area contributed by atoms with E-state index < -0.39 is 8.32 Å². The summed E-state index contributed by atoms with van der Waals surface area (Å²) in [6, 6.07) is 2.05. The second kappa shape index (κ2) is 8.65. The summed E-state index contributed by atoms with van der Waals surface area (Å²) in [5.41, 5.74) is 0.816. The second-order valence-electron chi connectivity index (χ2n) is 8.45. The molecule has 2 atom stereocenters. The van der Waals surface area contributed by atoms with Crippen molar-refractivity contribution in [3.05, 3.63) is 22.0 Å². The summed E-state index contributed by atoms with van der Waals surface area (Å²) in [7, 11) is -1.90. The maximum atomic E-state index is 6.64. The van der Waals surface area contributed by atoms with E-state index in [1.165, 1.54) is 11.5 Å². The molecule has 0 radical (unpaired) electrons. The lowest BCUT2D eigenvalue weighted by Gasteiger charge is -2.43. The van der Waals surface area contributed by atoms with E-state index in [1.807, 2.05) is 6.07 Å². The molecule has 0 saturated carbocycles. The quantitative estimate of drug-likeness (QED) is 0.533. The fourth-order valence-electron chi connectivity index (χ4n) is 2.73. The fraction of sp³-hybridized carbons (Fsp3) is 0.611. The van der Waals surface area contributed by atoms with Crippen LogP contribution in [0.5, 0.6) is 0 Å². The average Bonchev–Trinajstić information content (AvgIpc) is 3.03. The fourth-order valence-corrected chi connectivity index (χ4v) is 5.44. The molecule has 1 aliphatic rings. The number of rotatable bonds is 5. The van der Waals surface area contributed by atoms with Crippen LogP contribution < -0.4 is 5.32 Å².